The number of carbonyl (C=O) groups excluding carboxylic acids is 1. The lowest BCUT2D eigenvalue weighted by Gasteiger charge is -2.33. The summed E-state index contributed by atoms with van der Waals surface area (Å²) in [5, 5.41) is 6.97. The minimum absolute atomic E-state index is 0.235. The van der Waals surface area contributed by atoms with Crippen molar-refractivity contribution in [3.8, 4) is 5.69 Å². The lowest BCUT2D eigenvalue weighted by atomic mass is 10.2. The van der Waals surface area contributed by atoms with Crippen molar-refractivity contribution >= 4 is 21.6 Å². The second-order valence-corrected chi connectivity index (χ2v) is 9.25. The Kier molecular flexibility index (Phi) is 6.17. The van der Waals surface area contributed by atoms with Crippen LogP contribution in [0.2, 0.25) is 0 Å². The number of carbonyl (C=O) groups is 1. The van der Waals surface area contributed by atoms with Gasteiger partial charge in [-0.2, -0.15) is 9.40 Å². The number of likely N-dealkylation sites (N-methyl/N-ethyl adjacent to an activating group) is 1. The Balaban J connectivity index is 1.40. The first kappa shape index (κ1) is 21.2. The fourth-order valence-electron chi connectivity index (χ4n) is 3.54. The molecule has 3 aromatic rings. The average molecular weight is 440 g/mol. The summed E-state index contributed by atoms with van der Waals surface area (Å²) in [7, 11) is -3.53. The molecule has 1 N–H and O–H groups in total. The normalized spacial score (nSPS) is 15.6. The molecule has 4 rings (SSSR count). The molecule has 0 radical (unpaired) electrons. The summed E-state index contributed by atoms with van der Waals surface area (Å²) >= 11 is 0. The van der Waals surface area contributed by atoms with Gasteiger partial charge in [0.15, 0.2) is 0 Å². The molecule has 1 saturated heterocycles. The van der Waals surface area contributed by atoms with Crippen molar-refractivity contribution in [2.45, 2.75) is 11.8 Å². The first-order valence-corrected chi connectivity index (χ1v) is 11.7. The molecule has 0 atom stereocenters. The fourth-order valence-corrected chi connectivity index (χ4v) is 4.96. The topological polar surface area (TPSA) is 87.5 Å². The maximum absolute atomic E-state index is 12.9. The number of nitrogens with zero attached hydrogens (tertiary/aromatic N) is 4. The molecular weight excluding hydrogens is 414 g/mol. The van der Waals surface area contributed by atoms with Gasteiger partial charge in [0, 0.05) is 49.8 Å². The molecule has 8 nitrogen and oxygen atoms in total. The number of hydrogen-bond donors (Lipinski definition) is 1. The van der Waals surface area contributed by atoms with Crippen LogP contribution in [-0.2, 0) is 10.0 Å². The van der Waals surface area contributed by atoms with Gasteiger partial charge in [0.2, 0.25) is 10.0 Å². The molecule has 2 heterocycles. The van der Waals surface area contributed by atoms with Crippen molar-refractivity contribution in [1.82, 2.24) is 19.0 Å². The van der Waals surface area contributed by atoms with E-state index in [1.165, 1.54) is 16.4 Å². The van der Waals surface area contributed by atoms with Gasteiger partial charge >= 0.3 is 0 Å². The van der Waals surface area contributed by atoms with Crippen molar-refractivity contribution in [1.29, 1.82) is 0 Å². The molecule has 0 aliphatic carbocycles. The largest absolute Gasteiger partial charge is 0.322 e. The molecule has 1 aliphatic heterocycles. The van der Waals surface area contributed by atoms with Crippen LogP contribution < -0.4 is 5.32 Å². The number of piperazine rings is 1. The number of aromatic nitrogens is 2. The van der Waals surface area contributed by atoms with Crippen LogP contribution >= 0.6 is 0 Å². The molecule has 0 bridgehead atoms. The maximum Gasteiger partial charge on any atom is 0.255 e. The van der Waals surface area contributed by atoms with Crippen molar-refractivity contribution < 1.29 is 13.2 Å². The van der Waals surface area contributed by atoms with E-state index in [2.05, 4.69) is 22.2 Å². The second kappa shape index (κ2) is 9.01. The summed E-state index contributed by atoms with van der Waals surface area (Å²) in [6, 6.07) is 15.2. The molecule has 9 heteroatoms. The van der Waals surface area contributed by atoms with E-state index in [0.717, 1.165) is 25.3 Å². The minimum Gasteiger partial charge on any atom is -0.322 e. The third-order valence-electron chi connectivity index (χ3n) is 5.43. The molecule has 31 heavy (non-hydrogen) atoms. The average Bonchev–Trinajstić information content (AvgIpc) is 3.34. The number of amides is 1. The van der Waals surface area contributed by atoms with E-state index in [4.69, 9.17) is 0 Å². The van der Waals surface area contributed by atoms with E-state index in [0.29, 0.717) is 24.3 Å². The summed E-state index contributed by atoms with van der Waals surface area (Å²) in [6.45, 7) is 5.46. The third kappa shape index (κ3) is 4.68. The number of sulfonamides is 1. The second-order valence-electron chi connectivity index (χ2n) is 7.31. The van der Waals surface area contributed by atoms with Crippen LogP contribution in [0.15, 0.2) is 71.9 Å². The Morgan fingerprint density at radius 2 is 1.68 bits per heavy atom. The SMILES string of the molecule is CCN1CCN(S(=O)(=O)c2ccc(NC(=O)c3ccc(-n4cccn4)cc3)cc2)CC1. The quantitative estimate of drug-likeness (QED) is 0.638. The van der Waals surface area contributed by atoms with Crippen molar-refractivity contribution in [3.05, 3.63) is 72.6 Å². The van der Waals surface area contributed by atoms with Gasteiger partial charge < -0.3 is 10.2 Å². The number of anilines is 1. The van der Waals surface area contributed by atoms with Crippen LogP contribution in [0, 0.1) is 0 Å². The number of hydrogen-bond acceptors (Lipinski definition) is 5. The van der Waals surface area contributed by atoms with Crippen LogP contribution in [-0.4, -0.2) is 66.0 Å². The molecule has 0 spiro atoms. The first-order valence-electron chi connectivity index (χ1n) is 10.2. The Bertz CT molecular complexity index is 1120. The lowest BCUT2D eigenvalue weighted by molar-refractivity contribution is 0.102. The number of benzene rings is 2. The van der Waals surface area contributed by atoms with Gasteiger partial charge in [-0.1, -0.05) is 6.92 Å². The summed E-state index contributed by atoms with van der Waals surface area (Å²) in [5.74, 6) is -0.265. The van der Waals surface area contributed by atoms with Gasteiger partial charge in [-0.05, 0) is 61.1 Å². The molecule has 1 aromatic heterocycles. The Hall–Kier alpha value is -3.01. The zero-order chi connectivity index (χ0) is 21.8. The highest BCUT2D eigenvalue weighted by Crippen LogP contribution is 2.20. The van der Waals surface area contributed by atoms with Gasteiger partial charge in [0.1, 0.15) is 0 Å². The predicted octanol–water partition coefficient (Wildman–Crippen LogP) is 2.45. The number of rotatable bonds is 6. The van der Waals surface area contributed by atoms with E-state index >= 15 is 0 Å². The Morgan fingerprint density at radius 1 is 1.00 bits per heavy atom. The Labute approximate surface area is 182 Å². The monoisotopic (exact) mass is 439 g/mol. The van der Waals surface area contributed by atoms with Crippen LogP contribution in [0.1, 0.15) is 17.3 Å². The molecule has 1 aliphatic rings. The first-order chi connectivity index (χ1) is 15.0. The summed E-state index contributed by atoms with van der Waals surface area (Å²) < 4.78 is 29.0. The van der Waals surface area contributed by atoms with Gasteiger partial charge in [-0.3, -0.25) is 4.79 Å². The van der Waals surface area contributed by atoms with E-state index in [9.17, 15) is 13.2 Å². The standard InChI is InChI=1S/C22H25N5O3S/c1-2-25-14-16-26(17-15-25)31(29,30)21-10-6-19(7-11-21)24-22(28)18-4-8-20(9-5-18)27-13-3-12-23-27/h3-13H,2,14-17H2,1H3,(H,24,28). The molecule has 0 saturated carbocycles. The van der Waals surface area contributed by atoms with Crippen molar-refractivity contribution in [2.24, 2.45) is 0 Å². The minimum atomic E-state index is -3.53. The van der Waals surface area contributed by atoms with Crippen LogP contribution in [0.5, 0.6) is 0 Å². The smallest absolute Gasteiger partial charge is 0.255 e. The predicted molar refractivity (Wildman–Crippen MR) is 119 cm³/mol. The molecular formula is C22H25N5O3S. The third-order valence-corrected chi connectivity index (χ3v) is 7.34. The molecule has 2 aromatic carbocycles. The summed E-state index contributed by atoms with van der Waals surface area (Å²) in [4.78, 5) is 15.0. The molecule has 1 amide bonds. The highest BCUT2D eigenvalue weighted by atomic mass is 32.2. The molecule has 1 fully saturated rings. The van der Waals surface area contributed by atoms with E-state index in [1.807, 2.05) is 24.4 Å². The maximum atomic E-state index is 12.9. The van der Waals surface area contributed by atoms with Crippen molar-refractivity contribution in [3.63, 3.8) is 0 Å². The van der Waals surface area contributed by atoms with Gasteiger partial charge in [-0.15, -0.1) is 0 Å². The molecule has 0 unspecified atom stereocenters. The van der Waals surface area contributed by atoms with E-state index in [1.54, 1.807) is 35.1 Å². The van der Waals surface area contributed by atoms with E-state index in [-0.39, 0.29) is 10.8 Å². The fraction of sp³-hybridized carbons (Fsp3) is 0.273. The highest BCUT2D eigenvalue weighted by Gasteiger charge is 2.27. The number of nitrogens with one attached hydrogen (secondary N) is 1. The van der Waals surface area contributed by atoms with Gasteiger partial charge in [0.25, 0.3) is 5.91 Å². The van der Waals surface area contributed by atoms with Gasteiger partial charge in [0.05, 0.1) is 10.6 Å². The summed E-state index contributed by atoms with van der Waals surface area (Å²) in [6.07, 6.45) is 3.52. The zero-order valence-electron chi connectivity index (χ0n) is 17.3. The van der Waals surface area contributed by atoms with Gasteiger partial charge in [-0.25, -0.2) is 13.1 Å². The Morgan fingerprint density at radius 3 is 2.26 bits per heavy atom. The van der Waals surface area contributed by atoms with Crippen LogP contribution in [0.25, 0.3) is 5.69 Å². The van der Waals surface area contributed by atoms with Crippen LogP contribution in [0.4, 0.5) is 5.69 Å². The van der Waals surface area contributed by atoms with E-state index < -0.39 is 10.0 Å². The lowest BCUT2D eigenvalue weighted by Crippen LogP contribution is -2.48. The summed E-state index contributed by atoms with van der Waals surface area (Å²) in [5.41, 5.74) is 1.90. The zero-order valence-corrected chi connectivity index (χ0v) is 18.1. The molecule has 162 valence electrons. The van der Waals surface area contributed by atoms with Crippen molar-refractivity contribution in [2.75, 3.05) is 38.0 Å². The highest BCUT2D eigenvalue weighted by molar-refractivity contribution is 7.89. The van der Waals surface area contributed by atoms with Crippen LogP contribution in [0.3, 0.4) is 0 Å².